The van der Waals surface area contributed by atoms with E-state index in [2.05, 4.69) is 57.2 Å². The summed E-state index contributed by atoms with van der Waals surface area (Å²) < 4.78 is 5.22. The predicted molar refractivity (Wildman–Crippen MR) is 197 cm³/mol. The molecule has 252 valence electrons. The van der Waals surface area contributed by atoms with Crippen molar-refractivity contribution >= 4 is 17.3 Å². The molecule has 4 heteroatoms. The molecule has 0 amide bonds. The number of unbranched alkanes of at least 4 members (excludes halogenated alkanes) is 1. The fourth-order valence-electron chi connectivity index (χ4n) is 5.50. The Morgan fingerprint density at radius 1 is 0.739 bits per heavy atom. The van der Waals surface area contributed by atoms with Crippen molar-refractivity contribution < 1.29 is 14.3 Å². The van der Waals surface area contributed by atoms with E-state index in [0.29, 0.717) is 11.5 Å². The second kappa shape index (κ2) is 23.8. The van der Waals surface area contributed by atoms with E-state index < -0.39 is 0 Å². The molecule has 4 nitrogen and oxygen atoms in total. The van der Waals surface area contributed by atoms with Crippen molar-refractivity contribution in [2.45, 2.75) is 119 Å². The van der Waals surface area contributed by atoms with E-state index >= 15 is 0 Å². The van der Waals surface area contributed by atoms with Crippen LogP contribution in [0.15, 0.2) is 72.8 Å². The summed E-state index contributed by atoms with van der Waals surface area (Å²) in [7, 11) is 1.69. The van der Waals surface area contributed by atoms with Gasteiger partial charge < -0.3 is 14.9 Å². The Hall–Kier alpha value is -3.53. The third-order valence-corrected chi connectivity index (χ3v) is 8.48. The maximum Gasteiger partial charge on any atom is 0.133 e. The Kier molecular flexibility index (Phi) is 20.9. The van der Waals surface area contributed by atoms with E-state index in [1.54, 1.807) is 27.9 Å². The maximum atomic E-state index is 11.4. The normalized spacial score (nSPS) is 11.7. The number of rotatable bonds is 17. The number of ketones is 2. The largest absolute Gasteiger partial charge is 0.497 e. The lowest BCUT2D eigenvalue weighted by Gasteiger charge is -2.14. The van der Waals surface area contributed by atoms with Gasteiger partial charge in [-0.15, -0.1) is 0 Å². The molecule has 0 fully saturated rings. The fraction of sp³-hybridized carbons (Fsp3) is 0.500. The zero-order chi connectivity index (χ0) is 34.3. The molecule has 0 spiro atoms. The number of hydrogen-bond acceptors (Lipinski definition) is 4. The monoisotopic (exact) mass is 627 g/mol. The fourth-order valence-corrected chi connectivity index (χ4v) is 5.50. The van der Waals surface area contributed by atoms with E-state index in [1.807, 2.05) is 43.3 Å². The number of ether oxygens (including phenoxy) is 1. The van der Waals surface area contributed by atoms with Crippen molar-refractivity contribution in [1.82, 2.24) is 0 Å². The van der Waals surface area contributed by atoms with Crippen LogP contribution in [0.3, 0.4) is 0 Å². The third kappa shape index (κ3) is 16.7. The average Bonchev–Trinajstić information content (AvgIpc) is 3.06. The molecule has 3 aromatic rings. The summed E-state index contributed by atoms with van der Waals surface area (Å²) in [6, 6.07) is 24.7. The second-order valence-electron chi connectivity index (χ2n) is 12.4. The Labute approximate surface area is 280 Å². The zero-order valence-corrected chi connectivity index (χ0v) is 30.1. The second-order valence-corrected chi connectivity index (χ2v) is 12.4. The Balaban J connectivity index is 0.000000346. The van der Waals surface area contributed by atoms with Gasteiger partial charge in [0.2, 0.25) is 0 Å². The van der Waals surface area contributed by atoms with Crippen molar-refractivity contribution in [1.29, 1.82) is 5.41 Å². The lowest BCUT2D eigenvalue weighted by atomic mass is 9.91. The number of Topliss-reactive ketones (excluding diaryl/α,β-unsaturated/α-hetero) is 2. The van der Waals surface area contributed by atoms with Crippen molar-refractivity contribution in [3.8, 4) is 16.9 Å². The standard InChI is InChI=1S/C15H16O.C14H19NO.C13H26O/c1-3-12-7-9-13(10-8-12)14-5-4-6-15(11-14)16-2;1-4-13(11(3)16)8-12-6-5-7-14(9-12)10(2)15;1-4-6-10-13(8-5-2)11-7-9-12(3)14/h4-11H,3H2,1-2H3;5-7,9,13,15H,4,8H2,1-3H3;13H,4-11H2,1-3H3/t;13-;/m.0./s1. The van der Waals surface area contributed by atoms with Gasteiger partial charge in [0.15, 0.2) is 0 Å². The Morgan fingerprint density at radius 3 is 1.96 bits per heavy atom. The maximum absolute atomic E-state index is 11.4. The van der Waals surface area contributed by atoms with Crippen LogP contribution in [0.2, 0.25) is 0 Å². The molecule has 2 atom stereocenters. The minimum Gasteiger partial charge on any atom is -0.497 e. The lowest BCUT2D eigenvalue weighted by molar-refractivity contribution is -0.120. The van der Waals surface area contributed by atoms with Gasteiger partial charge in [0.1, 0.15) is 17.3 Å². The van der Waals surface area contributed by atoms with Gasteiger partial charge in [-0.2, -0.15) is 0 Å². The molecule has 3 rings (SSSR count). The molecule has 46 heavy (non-hydrogen) atoms. The van der Waals surface area contributed by atoms with Gasteiger partial charge in [-0.1, -0.05) is 121 Å². The molecule has 1 N–H and O–H groups in total. The number of nitrogens with one attached hydrogen (secondary N) is 1. The molecular formula is C42H61NO3. The molecule has 0 aliphatic carbocycles. The molecule has 0 saturated carbocycles. The van der Waals surface area contributed by atoms with E-state index in [4.69, 9.17) is 10.1 Å². The van der Waals surface area contributed by atoms with Gasteiger partial charge in [0.25, 0.3) is 0 Å². The van der Waals surface area contributed by atoms with Crippen LogP contribution in [0.1, 0.15) is 123 Å². The third-order valence-electron chi connectivity index (χ3n) is 8.48. The molecule has 3 aromatic carbocycles. The van der Waals surface area contributed by atoms with Crippen LogP contribution in [0.25, 0.3) is 11.1 Å². The van der Waals surface area contributed by atoms with E-state index in [1.165, 1.54) is 55.2 Å². The van der Waals surface area contributed by atoms with Gasteiger partial charge in [0.05, 0.1) is 7.11 Å². The number of hydrogen-bond donors (Lipinski definition) is 1. The van der Waals surface area contributed by atoms with Gasteiger partial charge in [0, 0.05) is 18.1 Å². The number of carbonyl (C=O) groups excluding carboxylic acids is 2. The lowest BCUT2D eigenvalue weighted by Crippen LogP contribution is -2.13. The van der Waals surface area contributed by atoms with Gasteiger partial charge >= 0.3 is 0 Å². The SMILES string of the molecule is CCCCC(CCC)CCCC(C)=O.CC[C@@H](Cc1cccc(C(C)=N)c1)C(C)=O.CCc1ccc(-c2cccc(OC)c2)cc1. The Bertz CT molecular complexity index is 1290. The van der Waals surface area contributed by atoms with E-state index in [-0.39, 0.29) is 11.7 Å². The molecule has 0 heterocycles. The highest BCUT2D eigenvalue weighted by Crippen LogP contribution is 2.24. The van der Waals surface area contributed by atoms with Crippen LogP contribution in [0, 0.1) is 17.2 Å². The molecule has 0 aliphatic heterocycles. The van der Waals surface area contributed by atoms with Crippen LogP contribution in [-0.2, 0) is 22.4 Å². The van der Waals surface area contributed by atoms with Crippen molar-refractivity contribution in [2.24, 2.45) is 11.8 Å². The number of benzene rings is 3. The topological polar surface area (TPSA) is 67.2 Å². The molecule has 0 aromatic heterocycles. The highest BCUT2D eigenvalue weighted by molar-refractivity contribution is 5.96. The number of carbonyl (C=O) groups is 2. The molecular weight excluding hydrogens is 566 g/mol. The van der Waals surface area contributed by atoms with Crippen molar-refractivity contribution in [3.05, 3.63) is 89.5 Å². The first-order chi connectivity index (χ1) is 22.1. The molecule has 1 unspecified atom stereocenters. The molecule has 0 aliphatic rings. The highest BCUT2D eigenvalue weighted by atomic mass is 16.5. The summed E-state index contributed by atoms with van der Waals surface area (Å²) >= 11 is 0. The predicted octanol–water partition coefficient (Wildman–Crippen LogP) is 11.5. The highest BCUT2D eigenvalue weighted by Gasteiger charge is 2.12. The summed E-state index contributed by atoms with van der Waals surface area (Å²) in [4.78, 5) is 22.2. The number of aryl methyl sites for hydroxylation is 1. The van der Waals surface area contributed by atoms with E-state index in [9.17, 15) is 9.59 Å². The first-order valence-electron chi connectivity index (χ1n) is 17.5. The van der Waals surface area contributed by atoms with Gasteiger partial charge in [-0.25, -0.2) is 0 Å². The van der Waals surface area contributed by atoms with Crippen LogP contribution in [-0.4, -0.2) is 24.4 Å². The molecule has 0 radical (unpaired) electrons. The van der Waals surface area contributed by atoms with Crippen LogP contribution in [0.4, 0.5) is 0 Å². The smallest absolute Gasteiger partial charge is 0.133 e. The molecule has 0 saturated heterocycles. The summed E-state index contributed by atoms with van der Waals surface area (Å²) in [5.41, 5.74) is 6.45. The van der Waals surface area contributed by atoms with Gasteiger partial charge in [-0.05, 0) is 98.4 Å². The quantitative estimate of drug-likeness (QED) is 0.151. The van der Waals surface area contributed by atoms with Crippen molar-refractivity contribution in [2.75, 3.05) is 7.11 Å². The molecule has 0 bridgehead atoms. The first kappa shape index (κ1) is 40.5. The summed E-state index contributed by atoms with van der Waals surface area (Å²) in [5.74, 6) is 2.48. The first-order valence-corrected chi connectivity index (χ1v) is 17.5. The summed E-state index contributed by atoms with van der Waals surface area (Å²) in [6.45, 7) is 13.8. The Morgan fingerprint density at radius 2 is 1.41 bits per heavy atom. The minimum atomic E-state index is 0.112. The summed E-state index contributed by atoms with van der Waals surface area (Å²) in [6.07, 6.45) is 12.5. The zero-order valence-electron chi connectivity index (χ0n) is 30.1. The number of methoxy groups -OCH3 is 1. The summed E-state index contributed by atoms with van der Waals surface area (Å²) in [5, 5.41) is 7.58. The van der Waals surface area contributed by atoms with Crippen LogP contribution >= 0.6 is 0 Å². The minimum absolute atomic E-state index is 0.112. The van der Waals surface area contributed by atoms with E-state index in [0.717, 1.165) is 54.9 Å². The van der Waals surface area contributed by atoms with Gasteiger partial charge in [-0.3, -0.25) is 4.79 Å². The average molecular weight is 628 g/mol. The van der Waals surface area contributed by atoms with Crippen LogP contribution in [0.5, 0.6) is 5.75 Å². The van der Waals surface area contributed by atoms with Crippen molar-refractivity contribution in [3.63, 3.8) is 0 Å². The van der Waals surface area contributed by atoms with Crippen LogP contribution < -0.4 is 4.74 Å².